The van der Waals surface area contributed by atoms with Crippen molar-refractivity contribution < 1.29 is 38.2 Å². The SMILES string of the molecule is COC(=O)N[C@H](C(=O)N1CCC[C@H]1C(=O)NC1=CC=C([C@@H]2CC[C@@H](c3ccc(NC(=O)[C@@H]4CCCN4C(=O)[C@@H](NC(=O)OC)C(C)C)cc3)N2c2ccc(C(C)(C)C)cc2)CC1)C(C)C. The van der Waals surface area contributed by atoms with Gasteiger partial charge in [-0.25, -0.2) is 9.59 Å². The topological polar surface area (TPSA) is 179 Å². The molecule has 0 aromatic heterocycles. The van der Waals surface area contributed by atoms with Crippen LogP contribution < -0.4 is 26.2 Å². The van der Waals surface area contributed by atoms with Crippen LogP contribution in [0.4, 0.5) is 21.0 Å². The molecule has 1 aliphatic carbocycles. The lowest BCUT2D eigenvalue weighted by molar-refractivity contribution is -0.140. The number of hydrogen-bond donors (Lipinski definition) is 4. The minimum atomic E-state index is -0.809. The van der Waals surface area contributed by atoms with Crippen LogP contribution in [0.3, 0.4) is 0 Å². The van der Waals surface area contributed by atoms with Gasteiger partial charge in [0.1, 0.15) is 24.2 Å². The van der Waals surface area contributed by atoms with Crippen LogP contribution in [0.15, 0.2) is 72.0 Å². The molecule has 0 spiro atoms. The van der Waals surface area contributed by atoms with E-state index in [0.717, 1.165) is 36.2 Å². The molecule has 2 aromatic rings. The molecule has 6 atom stereocenters. The molecule has 3 aliphatic heterocycles. The number of ether oxygens (including phenoxy) is 2. The molecule has 6 amide bonds. The van der Waals surface area contributed by atoms with Gasteiger partial charge < -0.3 is 45.4 Å². The Morgan fingerprint density at radius 1 is 0.631 bits per heavy atom. The van der Waals surface area contributed by atoms with Gasteiger partial charge in [0.2, 0.25) is 23.6 Å². The molecule has 0 unspecified atom stereocenters. The lowest BCUT2D eigenvalue weighted by Crippen LogP contribution is -2.55. The van der Waals surface area contributed by atoms with E-state index in [1.165, 1.54) is 25.4 Å². The first kappa shape index (κ1) is 48.6. The van der Waals surface area contributed by atoms with Crippen molar-refractivity contribution in [2.45, 2.75) is 141 Å². The first-order valence-electron chi connectivity index (χ1n) is 23.2. The lowest BCUT2D eigenvalue weighted by Gasteiger charge is -2.36. The predicted molar refractivity (Wildman–Crippen MR) is 250 cm³/mol. The number of carbonyl (C=O) groups is 6. The van der Waals surface area contributed by atoms with Gasteiger partial charge in [-0.1, -0.05) is 78.8 Å². The largest absolute Gasteiger partial charge is 0.453 e. The quantitative estimate of drug-likeness (QED) is 0.163. The van der Waals surface area contributed by atoms with Gasteiger partial charge in [-0.3, -0.25) is 19.2 Å². The van der Waals surface area contributed by atoms with Crippen LogP contribution in [0.2, 0.25) is 0 Å². The van der Waals surface area contributed by atoms with Crippen molar-refractivity contribution in [3.63, 3.8) is 0 Å². The molecule has 0 saturated carbocycles. The van der Waals surface area contributed by atoms with Crippen LogP contribution in [0.1, 0.15) is 117 Å². The molecular formula is C50H69N7O8. The minimum Gasteiger partial charge on any atom is -0.453 e. The summed E-state index contributed by atoms with van der Waals surface area (Å²) in [5.41, 5.74) is 6.20. The maximum Gasteiger partial charge on any atom is 0.407 e. The molecule has 6 rings (SSSR count). The Morgan fingerprint density at radius 2 is 1.14 bits per heavy atom. The summed E-state index contributed by atoms with van der Waals surface area (Å²) in [6.45, 7) is 14.9. The number of methoxy groups -OCH3 is 2. The van der Waals surface area contributed by atoms with Crippen LogP contribution in [0.25, 0.3) is 0 Å². The first-order chi connectivity index (χ1) is 30.9. The molecule has 4 aliphatic rings. The first-order valence-corrected chi connectivity index (χ1v) is 23.2. The van der Waals surface area contributed by atoms with Crippen molar-refractivity contribution in [3.8, 4) is 0 Å². The Kier molecular flexibility index (Phi) is 15.7. The summed E-state index contributed by atoms with van der Waals surface area (Å²) in [4.78, 5) is 84.3. The zero-order chi connectivity index (χ0) is 47.2. The van der Waals surface area contributed by atoms with Crippen molar-refractivity contribution >= 4 is 47.2 Å². The second-order valence-corrected chi connectivity index (χ2v) is 19.4. The number of amides is 6. The van der Waals surface area contributed by atoms with Crippen molar-refractivity contribution in [2.75, 3.05) is 37.5 Å². The zero-order valence-electron chi connectivity index (χ0n) is 39.6. The molecule has 2 aromatic carbocycles. The smallest absolute Gasteiger partial charge is 0.407 e. The van der Waals surface area contributed by atoms with E-state index in [-0.39, 0.29) is 53.0 Å². The second kappa shape index (κ2) is 21.0. The molecule has 0 bridgehead atoms. The second-order valence-electron chi connectivity index (χ2n) is 19.4. The average molecular weight is 896 g/mol. The van der Waals surface area contributed by atoms with Crippen LogP contribution >= 0.6 is 0 Å². The van der Waals surface area contributed by atoms with E-state index in [9.17, 15) is 28.8 Å². The number of hydrogen-bond acceptors (Lipinski definition) is 9. The lowest BCUT2D eigenvalue weighted by atomic mass is 9.87. The number of anilines is 2. The van der Waals surface area contributed by atoms with E-state index in [2.05, 4.69) is 89.4 Å². The van der Waals surface area contributed by atoms with E-state index < -0.39 is 36.4 Å². The summed E-state index contributed by atoms with van der Waals surface area (Å²) >= 11 is 0. The molecule has 15 nitrogen and oxygen atoms in total. The Labute approximate surface area is 384 Å². The molecule has 0 radical (unpaired) electrons. The molecule has 15 heteroatoms. The van der Waals surface area contributed by atoms with Crippen molar-refractivity contribution in [1.82, 2.24) is 25.8 Å². The Hall–Kier alpha value is -5.86. The van der Waals surface area contributed by atoms with E-state index in [1.807, 2.05) is 45.9 Å². The van der Waals surface area contributed by atoms with Gasteiger partial charge in [-0.2, -0.15) is 0 Å². The third-order valence-electron chi connectivity index (χ3n) is 13.3. The molecular weight excluding hydrogens is 827 g/mol. The number of allylic oxidation sites excluding steroid dienone is 3. The van der Waals surface area contributed by atoms with Crippen molar-refractivity contribution in [1.29, 1.82) is 0 Å². The fraction of sp³-hybridized carbons (Fsp3) is 0.560. The molecule has 3 saturated heterocycles. The van der Waals surface area contributed by atoms with E-state index in [1.54, 1.807) is 9.80 Å². The highest BCUT2D eigenvalue weighted by molar-refractivity contribution is 5.99. The van der Waals surface area contributed by atoms with Crippen LogP contribution in [-0.4, -0.2) is 103 Å². The standard InChI is InChI=1S/C50H69N7O8/c1-30(2)42(53-48(62)64-8)46(60)55-28-10-12-40(55)44(58)51-35-20-14-32(15-21-35)38-26-27-39(57(38)37-24-18-34(19-25-37)50(5,6)7)33-16-22-36(23-17-33)52-45(59)41-13-11-29-56(41)47(61)43(31(3)4)54-49(63)65-9/h14-16,18-22,24-25,30-31,38-43H,10-13,17,23,26-29H2,1-9H3,(H,51,58)(H,52,59)(H,53,62)(H,54,63)/t38-,39-,40-,41-,42-,43-/m0/s1. The highest BCUT2D eigenvalue weighted by Crippen LogP contribution is 2.44. The average Bonchev–Trinajstić information content (AvgIpc) is 4.08. The summed E-state index contributed by atoms with van der Waals surface area (Å²) in [6, 6.07) is 14.1. The summed E-state index contributed by atoms with van der Waals surface area (Å²) in [5.74, 6) is -1.46. The highest BCUT2D eigenvalue weighted by atomic mass is 16.5. The molecule has 352 valence electrons. The van der Waals surface area contributed by atoms with Crippen molar-refractivity contribution in [2.24, 2.45) is 11.8 Å². The zero-order valence-corrected chi connectivity index (χ0v) is 39.6. The van der Waals surface area contributed by atoms with Gasteiger partial charge in [0.05, 0.1) is 26.3 Å². The number of benzene rings is 2. The number of alkyl carbamates (subject to hydrolysis) is 2. The minimum absolute atomic E-state index is 0.00206. The number of rotatable bonds is 13. The summed E-state index contributed by atoms with van der Waals surface area (Å²) in [6.07, 6.45) is 8.46. The van der Waals surface area contributed by atoms with Gasteiger partial charge in [0.25, 0.3) is 0 Å². The molecule has 3 fully saturated rings. The maximum absolute atomic E-state index is 13.7. The van der Waals surface area contributed by atoms with Crippen LogP contribution in [0.5, 0.6) is 0 Å². The van der Waals surface area contributed by atoms with Gasteiger partial charge in [0.15, 0.2) is 0 Å². The van der Waals surface area contributed by atoms with Crippen LogP contribution in [0, 0.1) is 11.8 Å². The number of carbonyl (C=O) groups excluding carboxylic acids is 6. The predicted octanol–water partition coefficient (Wildman–Crippen LogP) is 7.10. The van der Waals surface area contributed by atoms with Gasteiger partial charge in [-0.05, 0) is 116 Å². The number of nitrogens with one attached hydrogen (secondary N) is 4. The monoisotopic (exact) mass is 896 g/mol. The Bertz CT molecular complexity index is 2130. The molecule has 3 heterocycles. The van der Waals surface area contributed by atoms with E-state index in [4.69, 9.17) is 9.47 Å². The molecule has 65 heavy (non-hydrogen) atoms. The van der Waals surface area contributed by atoms with Gasteiger partial charge in [-0.15, -0.1) is 0 Å². The van der Waals surface area contributed by atoms with E-state index >= 15 is 0 Å². The summed E-state index contributed by atoms with van der Waals surface area (Å²) in [7, 11) is 2.51. The third kappa shape index (κ3) is 11.3. The normalized spacial score (nSPS) is 21.9. The maximum atomic E-state index is 13.7. The van der Waals surface area contributed by atoms with Gasteiger partial charge >= 0.3 is 12.2 Å². The summed E-state index contributed by atoms with van der Waals surface area (Å²) in [5, 5.41) is 11.5. The fourth-order valence-electron chi connectivity index (χ4n) is 9.65. The molecule has 4 N–H and O–H groups in total. The van der Waals surface area contributed by atoms with Gasteiger partial charge in [0, 0.05) is 30.2 Å². The third-order valence-corrected chi connectivity index (χ3v) is 13.3. The Morgan fingerprint density at radius 3 is 1.60 bits per heavy atom. The summed E-state index contributed by atoms with van der Waals surface area (Å²) < 4.78 is 9.50. The van der Waals surface area contributed by atoms with Crippen molar-refractivity contribution in [3.05, 3.63) is 83.1 Å². The van der Waals surface area contributed by atoms with Crippen LogP contribution in [-0.2, 0) is 34.1 Å². The Balaban J connectivity index is 1.17. The van der Waals surface area contributed by atoms with E-state index in [0.29, 0.717) is 50.9 Å². The number of nitrogens with zero attached hydrogens (tertiary/aromatic N) is 3. The fourth-order valence-corrected chi connectivity index (χ4v) is 9.65. The number of likely N-dealkylation sites (tertiary alicyclic amines) is 2. The highest BCUT2D eigenvalue weighted by Gasteiger charge is 2.42.